The Bertz CT molecular complexity index is 1620. The van der Waals surface area contributed by atoms with E-state index < -0.39 is 12.1 Å². The molecule has 0 bridgehead atoms. The van der Waals surface area contributed by atoms with Crippen molar-refractivity contribution in [2.45, 2.75) is 31.8 Å². The SMILES string of the molecule is CC(=O)N1CCN(C(=O)c2ccccc2N2CCN(C(=O)[C@@H](Cc3ccc(Cl)cc3)NC(=O)C3NCCc4ccccc43)CC2)CC1. The first kappa shape index (κ1) is 32.5. The van der Waals surface area contributed by atoms with Gasteiger partial charge in [-0.3, -0.25) is 19.2 Å². The fourth-order valence-corrected chi connectivity index (χ4v) is 6.89. The van der Waals surface area contributed by atoms with Gasteiger partial charge >= 0.3 is 0 Å². The summed E-state index contributed by atoms with van der Waals surface area (Å²) in [5, 5.41) is 7.03. The molecular weight excluding hydrogens is 616 g/mol. The molecule has 11 heteroatoms. The van der Waals surface area contributed by atoms with Gasteiger partial charge in [0.1, 0.15) is 12.1 Å². The van der Waals surface area contributed by atoms with Crippen LogP contribution in [-0.4, -0.2) is 103 Å². The number of rotatable bonds is 7. The molecule has 2 saturated heterocycles. The number of fused-ring (bicyclic) bond motifs is 1. The molecular formula is C36H41ClN6O4. The molecule has 3 aromatic carbocycles. The lowest BCUT2D eigenvalue weighted by Crippen LogP contribution is -2.57. The molecule has 6 rings (SSSR count). The van der Waals surface area contributed by atoms with E-state index in [2.05, 4.69) is 15.5 Å². The van der Waals surface area contributed by atoms with Crippen LogP contribution in [0.15, 0.2) is 72.8 Å². The lowest BCUT2D eigenvalue weighted by molar-refractivity contribution is -0.137. The van der Waals surface area contributed by atoms with Crippen molar-refractivity contribution in [2.75, 3.05) is 63.8 Å². The first-order chi connectivity index (χ1) is 22.8. The second-order valence-corrected chi connectivity index (χ2v) is 12.8. The third-order valence-electron chi connectivity index (χ3n) is 9.42. The van der Waals surface area contributed by atoms with Gasteiger partial charge in [-0.15, -0.1) is 0 Å². The fourth-order valence-electron chi connectivity index (χ4n) is 6.76. The highest BCUT2D eigenvalue weighted by molar-refractivity contribution is 6.30. The molecule has 10 nitrogen and oxygen atoms in total. The molecule has 1 unspecified atom stereocenters. The average Bonchev–Trinajstić information content (AvgIpc) is 3.11. The third kappa shape index (κ3) is 7.44. The lowest BCUT2D eigenvalue weighted by Gasteiger charge is -2.39. The maximum Gasteiger partial charge on any atom is 0.256 e. The van der Waals surface area contributed by atoms with Crippen LogP contribution in [0.2, 0.25) is 5.02 Å². The van der Waals surface area contributed by atoms with Crippen molar-refractivity contribution in [2.24, 2.45) is 0 Å². The largest absolute Gasteiger partial charge is 0.367 e. The molecule has 0 spiro atoms. The van der Waals surface area contributed by atoms with E-state index >= 15 is 0 Å². The van der Waals surface area contributed by atoms with Crippen molar-refractivity contribution in [3.8, 4) is 0 Å². The molecule has 4 amide bonds. The third-order valence-corrected chi connectivity index (χ3v) is 9.67. The molecule has 246 valence electrons. The Morgan fingerprint density at radius 1 is 0.809 bits per heavy atom. The molecule has 2 atom stereocenters. The second-order valence-electron chi connectivity index (χ2n) is 12.4. The molecule has 0 aromatic heterocycles. The standard InChI is InChI=1S/C36H41ClN6O4/c1-25(44)40-16-20-42(21-17-40)35(46)30-8-4-5-9-32(30)41-18-22-43(23-19-41)36(47)31(24-26-10-12-28(37)13-11-26)39-34(45)33-29-7-3-2-6-27(29)14-15-38-33/h2-13,31,33,38H,14-24H2,1H3,(H,39,45)/t31-,33?/m1/s1. The topological polar surface area (TPSA) is 105 Å². The van der Waals surface area contributed by atoms with Crippen molar-refractivity contribution >= 4 is 40.9 Å². The summed E-state index contributed by atoms with van der Waals surface area (Å²) in [7, 11) is 0. The van der Waals surface area contributed by atoms with Crippen LogP contribution >= 0.6 is 11.6 Å². The van der Waals surface area contributed by atoms with E-state index in [1.165, 1.54) is 0 Å². The van der Waals surface area contributed by atoms with Gasteiger partial charge in [0.05, 0.1) is 5.56 Å². The Kier molecular flexibility index (Phi) is 10.1. The second kappa shape index (κ2) is 14.6. The van der Waals surface area contributed by atoms with E-state index in [0.29, 0.717) is 75.9 Å². The highest BCUT2D eigenvalue weighted by atomic mass is 35.5. The number of piperazine rings is 2. The van der Waals surface area contributed by atoms with Crippen molar-refractivity contribution in [1.82, 2.24) is 25.3 Å². The number of amides is 4. The summed E-state index contributed by atoms with van der Waals surface area (Å²) in [6.45, 7) is 6.30. The number of nitrogens with one attached hydrogen (secondary N) is 2. The van der Waals surface area contributed by atoms with Gasteiger partial charge in [-0.1, -0.05) is 60.1 Å². The van der Waals surface area contributed by atoms with Crippen LogP contribution in [0.5, 0.6) is 0 Å². The van der Waals surface area contributed by atoms with E-state index in [4.69, 9.17) is 11.6 Å². The molecule has 3 aromatic rings. The maximum atomic E-state index is 14.1. The Hall–Kier alpha value is -4.41. The van der Waals surface area contributed by atoms with Gasteiger partial charge in [-0.05, 0) is 47.4 Å². The van der Waals surface area contributed by atoms with Crippen LogP contribution in [0.4, 0.5) is 5.69 Å². The number of hydrogen-bond acceptors (Lipinski definition) is 6. The van der Waals surface area contributed by atoms with Crippen LogP contribution in [-0.2, 0) is 27.2 Å². The number of carbonyl (C=O) groups excluding carboxylic acids is 4. The molecule has 2 fully saturated rings. The fraction of sp³-hybridized carbons (Fsp3) is 0.389. The Labute approximate surface area is 280 Å². The Balaban J connectivity index is 1.14. The average molecular weight is 657 g/mol. The number of para-hydroxylation sites is 1. The van der Waals surface area contributed by atoms with E-state index in [9.17, 15) is 19.2 Å². The smallest absolute Gasteiger partial charge is 0.256 e. The molecule has 0 radical (unpaired) electrons. The first-order valence-electron chi connectivity index (χ1n) is 16.3. The van der Waals surface area contributed by atoms with Crippen LogP contribution in [0.3, 0.4) is 0 Å². The summed E-state index contributed by atoms with van der Waals surface area (Å²) in [4.78, 5) is 60.7. The number of anilines is 1. The minimum Gasteiger partial charge on any atom is -0.367 e. The van der Waals surface area contributed by atoms with Gasteiger partial charge in [0.25, 0.3) is 5.91 Å². The summed E-state index contributed by atoms with van der Waals surface area (Å²) in [6.07, 6.45) is 1.19. The number of hydrogen-bond donors (Lipinski definition) is 2. The molecule has 3 aliphatic rings. The predicted octanol–water partition coefficient (Wildman–Crippen LogP) is 2.91. The number of nitrogens with zero attached hydrogens (tertiary/aromatic N) is 4. The maximum absolute atomic E-state index is 14.1. The van der Waals surface area contributed by atoms with Crippen molar-refractivity contribution in [3.05, 3.63) is 100 Å². The van der Waals surface area contributed by atoms with Gasteiger partial charge in [0.2, 0.25) is 17.7 Å². The Morgan fingerprint density at radius 2 is 1.45 bits per heavy atom. The summed E-state index contributed by atoms with van der Waals surface area (Å²) in [6, 6.07) is 21.6. The molecule has 0 aliphatic carbocycles. The minimum absolute atomic E-state index is 0.0240. The van der Waals surface area contributed by atoms with Gasteiger partial charge in [-0.25, -0.2) is 0 Å². The number of carbonyl (C=O) groups is 4. The zero-order chi connectivity index (χ0) is 32.9. The van der Waals surface area contributed by atoms with Gasteiger partial charge in [-0.2, -0.15) is 0 Å². The Morgan fingerprint density at radius 3 is 2.17 bits per heavy atom. The van der Waals surface area contributed by atoms with Gasteiger partial charge < -0.3 is 30.2 Å². The summed E-state index contributed by atoms with van der Waals surface area (Å²) < 4.78 is 0. The molecule has 3 aliphatic heterocycles. The van der Waals surface area contributed by atoms with Crippen molar-refractivity contribution in [1.29, 1.82) is 0 Å². The number of halogens is 1. The van der Waals surface area contributed by atoms with E-state index in [1.54, 1.807) is 24.0 Å². The quantitative estimate of drug-likeness (QED) is 0.406. The summed E-state index contributed by atoms with van der Waals surface area (Å²) >= 11 is 6.13. The predicted molar refractivity (Wildman–Crippen MR) is 181 cm³/mol. The minimum atomic E-state index is -0.756. The van der Waals surface area contributed by atoms with E-state index in [-0.39, 0.29) is 23.6 Å². The van der Waals surface area contributed by atoms with E-state index in [0.717, 1.165) is 28.8 Å². The van der Waals surface area contributed by atoms with Crippen LogP contribution in [0, 0.1) is 0 Å². The van der Waals surface area contributed by atoms with Gasteiger partial charge in [0, 0.05) is 83.0 Å². The molecule has 3 heterocycles. The van der Waals surface area contributed by atoms with Gasteiger partial charge in [0.15, 0.2) is 0 Å². The molecule has 0 saturated carbocycles. The van der Waals surface area contributed by atoms with Crippen LogP contribution < -0.4 is 15.5 Å². The lowest BCUT2D eigenvalue weighted by atomic mass is 9.93. The zero-order valence-corrected chi connectivity index (χ0v) is 27.4. The van der Waals surface area contributed by atoms with Crippen molar-refractivity contribution in [3.63, 3.8) is 0 Å². The summed E-state index contributed by atoms with van der Waals surface area (Å²) in [5.74, 6) is -0.383. The highest BCUT2D eigenvalue weighted by Gasteiger charge is 2.34. The van der Waals surface area contributed by atoms with Crippen LogP contribution in [0.25, 0.3) is 0 Å². The monoisotopic (exact) mass is 656 g/mol. The highest BCUT2D eigenvalue weighted by Crippen LogP contribution is 2.26. The molecule has 2 N–H and O–H groups in total. The van der Waals surface area contributed by atoms with E-state index in [1.807, 2.05) is 70.5 Å². The van der Waals surface area contributed by atoms with Crippen LogP contribution in [0.1, 0.15) is 40.0 Å². The molecule has 47 heavy (non-hydrogen) atoms. The van der Waals surface area contributed by atoms with Crippen molar-refractivity contribution < 1.29 is 19.2 Å². The summed E-state index contributed by atoms with van der Waals surface area (Å²) in [5.41, 5.74) is 4.44. The normalized spacial score (nSPS) is 18.7. The first-order valence-corrected chi connectivity index (χ1v) is 16.7. The number of benzene rings is 3. The zero-order valence-electron chi connectivity index (χ0n) is 26.7.